The highest BCUT2D eigenvalue weighted by molar-refractivity contribution is 6.11. The first-order valence-corrected chi connectivity index (χ1v) is 7.84. The summed E-state index contributed by atoms with van der Waals surface area (Å²) in [6, 6.07) is 3.26. The largest absolute Gasteiger partial charge is 0.366 e. The minimum absolute atomic E-state index is 0.185. The van der Waals surface area contributed by atoms with E-state index in [9.17, 15) is 9.59 Å². The number of aromatic amines is 1. The summed E-state index contributed by atoms with van der Waals surface area (Å²) in [6.07, 6.45) is 5.54. The van der Waals surface area contributed by atoms with Crippen molar-refractivity contribution in [2.75, 3.05) is 5.32 Å². The Balaban J connectivity index is 2.06. The van der Waals surface area contributed by atoms with Gasteiger partial charge in [-0.3, -0.25) is 9.59 Å². The van der Waals surface area contributed by atoms with Crippen LogP contribution in [0.1, 0.15) is 42.4 Å². The van der Waals surface area contributed by atoms with Gasteiger partial charge in [-0.25, -0.2) is 9.67 Å². The molecule has 1 atom stereocenters. The van der Waals surface area contributed by atoms with Gasteiger partial charge in [-0.1, -0.05) is 6.92 Å². The fraction of sp³-hybridized carbons (Fsp3) is 0.294. The van der Waals surface area contributed by atoms with Crippen molar-refractivity contribution in [3.05, 3.63) is 52.2 Å². The minimum atomic E-state index is -0.356. The quantitative estimate of drug-likeness (QED) is 0.771. The van der Waals surface area contributed by atoms with Crippen molar-refractivity contribution in [1.29, 1.82) is 0 Å². The topological polar surface area (TPSA) is 92.7 Å². The van der Waals surface area contributed by atoms with Crippen LogP contribution in [0.5, 0.6) is 0 Å². The van der Waals surface area contributed by atoms with Gasteiger partial charge < -0.3 is 10.3 Å². The molecule has 0 aliphatic heterocycles. The van der Waals surface area contributed by atoms with Gasteiger partial charge in [0.25, 0.3) is 5.91 Å². The Morgan fingerprint density at radius 2 is 2.25 bits per heavy atom. The van der Waals surface area contributed by atoms with Gasteiger partial charge in [-0.05, 0) is 26.3 Å². The van der Waals surface area contributed by atoms with E-state index in [1.54, 1.807) is 12.3 Å². The lowest BCUT2D eigenvalue weighted by Gasteiger charge is -2.11. The van der Waals surface area contributed by atoms with E-state index in [1.807, 2.05) is 11.6 Å². The molecule has 2 N–H and O–H groups in total. The Morgan fingerprint density at radius 3 is 2.96 bits per heavy atom. The molecule has 3 aromatic rings. The highest BCUT2D eigenvalue weighted by Crippen LogP contribution is 2.22. The minimum Gasteiger partial charge on any atom is -0.366 e. The fourth-order valence-electron chi connectivity index (χ4n) is 2.53. The molecular formula is C17H19N5O2. The Kier molecular flexibility index (Phi) is 4.16. The molecule has 0 saturated heterocycles. The van der Waals surface area contributed by atoms with Crippen molar-refractivity contribution < 1.29 is 4.79 Å². The fourth-order valence-corrected chi connectivity index (χ4v) is 2.53. The van der Waals surface area contributed by atoms with Crippen LogP contribution in [0.25, 0.3) is 11.0 Å². The first-order chi connectivity index (χ1) is 11.5. The van der Waals surface area contributed by atoms with Crippen molar-refractivity contribution in [2.24, 2.45) is 0 Å². The first-order valence-electron chi connectivity index (χ1n) is 7.84. The van der Waals surface area contributed by atoms with Crippen LogP contribution in [0.3, 0.4) is 0 Å². The summed E-state index contributed by atoms with van der Waals surface area (Å²) < 4.78 is 1.83. The van der Waals surface area contributed by atoms with E-state index in [1.165, 1.54) is 18.5 Å². The van der Waals surface area contributed by atoms with E-state index in [-0.39, 0.29) is 23.1 Å². The number of nitrogens with one attached hydrogen (secondary N) is 2. The number of anilines is 1. The van der Waals surface area contributed by atoms with Crippen molar-refractivity contribution in [2.45, 2.75) is 33.2 Å². The lowest BCUT2D eigenvalue weighted by molar-refractivity contribution is 0.102. The van der Waals surface area contributed by atoms with Gasteiger partial charge in [0.2, 0.25) is 5.43 Å². The number of nitrogens with zero attached hydrogens (tertiary/aromatic N) is 3. The summed E-state index contributed by atoms with van der Waals surface area (Å²) >= 11 is 0. The van der Waals surface area contributed by atoms with E-state index in [0.717, 1.165) is 12.1 Å². The second kappa shape index (κ2) is 6.27. The molecule has 124 valence electrons. The molecule has 7 heteroatoms. The summed E-state index contributed by atoms with van der Waals surface area (Å²) in [5.41, 5.74) is 1.81. The lowest BCUT2D eigenvalue weighted by atomic mass is 10.1. The maximum Gasteiger partial charge on any atom is 0.256 e. The van der Waals surface area contributed by atoms with E-state index >= 15 is 0 Å². The molecule has 1 amide bonds. The molecule has 0 saturated carbocycles. The molecular weight excluding hydrogens is 306 g/mol. The SMILES string of the molecule is CC[C@H](C)n1ncc2c(C(=O)Nc3c[nH]ccc3=O)cc(C)nc21. The Bertz CT molecular complexity index is 957. The van der Waals surface area contributed by atoms with Crippen molar-refractivity contribution >= 4 is 22.6 Å². The monoisotopic (exact) mass is 325 g/mol. The smallest absolute Gasteiger partial charge is 0.256 e. The molecule has 3 rings (SSSR count). The zero-order chi connectivity index (χ0) is 17.3. The molecule has 3 heterocycles. The number of pyridine rings is 2. The van der Waals surface area contributed by atoms with Crippen LogP contribution in [-0.4, -0.2) is 25.7 Å². The zero-order valence-electron chi connectivity index (χ0n) is 13.8. The van der Waals surface area contributed by atoms with Gasteiger partial charge in [-0.15, -0.1) is 0 Å². The predicted octanol–water partition coefficient (Wildman–Crippen LogP) is 2.65. The van der Waals surface area contributed by atoms with Crippen LogP contribution < -0.4 is 10.7 Å². The highest BCUT2D eigenvalue weighted by atomic mass is 16.2. The third-order valence-electron chi connectivity index (χ3n) is 4.02. The average Bonchev–Trinajstić information content (AvgIpc) is 2.99. The molecule has 0 spiro atoms. The third kappa shape index (κ3) is 2.80. The predicted molar refractivity (Wildman–Crippen MR) is 92.3 cm³/mol. The number of rotatable bonds is 4. The Hall–Kier alpha value is -2.96. The van der Waals surface area contributed by atoms with Crippen molar-refractivity contribution in [3.8, 4) is 0 Å². The lowest BCUT2D eigenvalue weighted by Crippen LogP contribution is -2.18. The molecule has 3 aromatic heterocycles. The summed E-state index contributed by atoms with van der Waals surface area (Å²) in [6.45, 7) is 5.96. The van der Waals surface area contributed by atoms with E-state index in [0.29, 0.717) is 16.6 Å². The van der Waals surface area contributed by atoms with E-state index in [2.05, 4.69) is 34.2 Å². The second-order valence-electron chi connectivity index (χ2n) is 5.77. The molecule has 24 heavy (non-hydrogen) atoms. The van der Waals surface area contributed by atoms with Crippen LogP contribution in [0, 0.1) is 6.92 Å². The van der Waals surface area contributed by atoms with Gasteiger partial charge in [-0.2, -0.15) is 5.10 Å². The molecule has 0 radical (unpaired) electrons. The summed E-state index contributed by atoms with van der Waals surface area (Å²) in [7, 11) is 0. The normalized spacial score (nSPS) is 12.3. The molecule has 7 nitrogen and oxygen atoms in total. The number of carbonyl (C=O) groups is 1. The van der Waals surface area contributed by atoms with Gasteiger partial charge in [0.1, 0.15) is 5.69 Å². The van der Waals surface area contributed by atoms with E-state index in [4.69, 9.17) is 0 Å². The number of aryl methyl sites for hydroxylation is 1. The number of amides is 1. The maximum absolute atomic E-state index is 12.7. The van der Waals surface area contributed by atoms with Crippen LogP contribution >= 0.6 is 0 Å². The summed E-state index contributed by atoms with van der Waals surface area (Å²) in [4.78, 5) is 31.8. The maximum atomic E-state index is 12.7. The van der Waals surface area contributed by atoms with E-state index < -0.39 is 0 Å². The second-order valence-corrected chi connectivity index (χ2v) is 5.77. The van der Waals surface area contributed by atoms with Crippen LogP contribution in [-0.2, 0) is 0 Å². The van der Waals surface area contributed by atoms with Crippen molar-refractivity contribution in [1.82, 2.24) is 19.7 Å². The number of fused-ring (bicyclic) bond motifs is 1. The zero-order valence-corrected chi connectivity index (χ0v) is 13.8. The number of carbonyl (C=O) groups excluding carboxylic acids is 1. The molecule has 0 aromatic carbocycles. The number of hydrogen-bond acceptors (Lipinski definition) is 4. The highest BCUT2D eigenvalue weighted by Gasteiger charge is 2.18. The van der Waals surface area contributed by atoms with Crippen LogP contribution in [0.4, 0.5) is 5.69 Å². The third-order valence-corrected chi connectivity index (χ3v) is 4.02. The van der Waals surface area contributed by atoms with Crippen molar-refractivity contribution in [3.63, 3.8) is 0 Å². The van der Waals surface area contributed by atoms with Gasteiger partial charge in [0.15, 0.2) is 5.65 Å². The standard InChI is InChI=1S/C17H19N5O2/c1-4-11(3)22-16-13(8-19-22)12(7-10(2)20-16)17(24)21-14-9-18-6-5-15(14)23/h5-9,11H,4H2,1-3H3,(H,18,23)(H,21,24)/t11-/m0/s1. The molecule has 0 aliphatic carbocycles. The molecule has 0 unspecified atom stereocenters. The Morgan fingerprint density at radius 1 is 1.46 bits per heavy atom. The van der Waals surface area contributed by atoms with Gasteiger partial charge in [0.05, 0.1) is 23.2 Å². The molecule has 0 fully saturated rings. The number of H-pyrrole nitrogens is 1. The average molecular weight is 325 g/mol. The number of hydrogen-bond donors (Lipinski definition) is 2. The summed E-state index contributed by atoms with van der Waals surface area (Å²) in [5, 5.41) is 7.70. The van der Waals surface area contributed by atoms with Crippen LogP contribution in [0.15, 0.2) is 35.5 Å². The summed E-state index contributed by atoms with van der Waals surface area (Å²) in [5.74, 6) is -0.356. The Labute approximate surface area is 138 Å². The number of aromatic nitrogens is 4. The van der Waals surface area contributed by atoms with Gasteiger partial charge >= 0.3 is 0 Å². The van der Waals surface area contributed by atoms with Crippen LogP contribution in [0.2, 0.25) is 0 Å². The molecule has 0 bridgehead atoms. The first kappa shape index (κ1) is 15.9. The molecule has 0 aliphatic rings. The van der Waals surface area contributed by atoms with Gasteiger partial charge in [0, 0.05) is 24.2 Å².